The van der Waals surface area contributed by atoms with Gasteiger partial charge in [-0.15, -0.1) is 0 Å². The fourth-order valence-corrected chi connectivity index (χ4v) is 2.69. The van der Waals surface area contributed by atoms with Crippen LogP contribution >= 0.6 is 11.8 Å². The highest BCUT2D eigenvalue weighted by atomic mass is 32.2. The van der Waals surface area contributed by atoms with Gasteiger partial charge in [0, 0.05) is 11.8 Å². The Morgan fingerprint density at radius 2 is 2.20 bits per heavy atom. The molecule has 7 heteroatoms. The van der Waals surface area contributed by atoms with E-state index in [0.717, 1.165) is 18.9 Å². The molecular formula is C18H22O6S. The van der Waals surface area contributed by atoms with Crippen LogP contribution in [0.1, 0.15) is 30.3 Å². The monoisotopic (exact) mass is 366 g/mol. The van der Waals surface area contributed by atoms with E-state index in [1.807, 2.05) is 13.2 Å². The first-order valence-corrected chi connectivity index (χ1v) is 9.50. The molecule has 0 saturated carbocycles. The Bertz CT molecular complexity index is 770. The molecule has 0 aliphatic heterocycles. The summed E-state index contributed by atoms with van der Waals surface area (Å²) in [5.41, 5.74) is -0.148. The van der Waals surface area contributed by atoms with Crippen molar-refractivity contribution in [2.75, 3.05) is 25.2 Å². The highest BCUT2D eigenvalue weighted by Crippen LogP contribution is 2.24. The summed E-state index contributed by atoms with van der Waals surface area (Å²) in [7, 11) is 0. The zero-order chi connectivity index (χ0) is 18.2. The van der Waals surface area contributed by atoms with Crippen molar-refractivity contribution in [3.05, 3.63) is 40.2 Å². The molecule has 0 saturated heterocycles. The van der Waals surface area contributed by atoms with Gasteiger partial charge in [0.05, 0.1) is 12.7 Å². The molecule has 1 N–H and O–H groups in total. The number of carbonyl (C=O) groups is 1. The third-order valence-corrected chi connectivity index (χ3v) is 4.16. The predicted molar refractivity (Wildman–Crippen MR) is 97.6 cm³/mol. The number of fused-ring (bicyclic) bond motifs is 1. The van der Waals surface area contributed by atoms with Crippen LogP contribution in [0.2, 0.25) is 0 Å². The first kappa shape index (κ1) is 19.3. The van der Waals surface area contributed by atoms with E-state index in [1.54, 1.807) is 18.2 Å². The third-order valence-electron chi connectivity index (χ3n) is 3.44. The predicted octanol–water partition coefficient (Wildman–Crippen LogP) is 2.85. The van der Waals surface area contributed by atoms with E-state index in [1.165, 1.54) is 11.8 Å². The third kappa shape index (κ3) is 5.24. The van der Waals surface area contributed by atoms with E-state index in [0.29, 0.717) is 11.5 Å². The Labute approximate surface area is 150 Å². The molecule has 136 valence electrons. The summed E-state index contributed by atoms with van der Waals surface area (Å²) in [4.78, 5) is 24.4. The largest absolute Gasteiger partial charge is 0.490 e. The number of aliphatic hydroxyl groups excluding tert-OH is 1. The van der Waals surface area contributed by atoms with Gasteiger partial charge in [-0.2, -0.15) is 11.8 Å². The molecule has 0 aliphatic rings. The summed E-state index contributed by atoms with van der Waals surface area (Å²) in [6, 6.07) is 5.99. The molecule has 0 radical (unpaired) electrons. The number of rotatable bonds is 9. The minimum Gasteiger partial charge on any atom is -0.490 e. The molecule has 1 heterocycles. The minimum atomic E-state index is -0.658. The van der Waals surface area contributed by atoms with Crippen molar-refractivity contribution in [1.29, 1.82) is 0 Å². The number of esters is 1. The van der Waals surface area contributed by atoms with Gasteiger partial charge < -0.3 is 19.0 Å². The Morgan fingerprint density at radius 3 is 2.92 bits per heavy atom. The number of benzene rings is 1. The van der Waals surface area contributed by atoms with Crippen LogP contribution in [0.4, 0.5) is 0 Å². The van der Waals surface area contributed by atoms with E-state index in [9.17, 15) is 14.7 Å². The SMILES string of the molecule is CCCCOC(=O)c1cc(=O)c2c(OCC(O)CSC)cccc2o1. The first-order valence-electron chi connectivity index (χ1n) is 8.10. The Balaban J connectivity index is 2.24. The van der Waals surface area contributed by atoms with Crippen LogP contribution in [0.25, 0.3) is 11.0 Å². The Hall–Kier alpha value is -1.99. The molecule has 2 rings (SSSR count). The number of hydrogen-bond acceptors (Lipinski definition) is 7. The maximum Gasteiger partial charge on any atom is 0.374 e. The summed E-state index contributed by atoms with van der Waals surface area (Å²) in [6.45, 7) is 2.34. The lowest BCUT2D eigenvalue weighted by molar-refractivity contribution is 0.0464. The van der Waals surface area contributed by atoms with Crippen LogP contribution in [0.3, 0.4) is 0 Å². The van der Waals surface area contributed by atoms with Crippen LogP contribution in [0, 0.1) is 0 Å². The van der Waals surface area contributed by atoms with Crippen molar-refractivity contribution in [2.45, 2.75) is 25.9 Å². The average Bonchev–Trinajstić information content (AvgIpc) is 2.60. The van der Waals surface area contributed by atoms with Gasteiger partial charge in [0.1, 0.15) is 23.3 Å². The second-order valence-corrected chi connectivity index (χ2v) is 6.42. The standard InChI is InChI=1S/C18H22O6S/c1-3-4-8-22-18(21)16-9-13(20)17-14(6-5-7-15(17)24-16)23-10-12(19)11-25-2/h5-7,9,12,19H,3-4,8,10-11H2,1-2H3. The summed E-state index contributed by atoms with van der Waals surface area (Å²) in [6.07, 6.45) is 2.90. The molecule has 0 fully saturated rings. The molecular weight excluding hydrogens is 344 g/mol. The van der Waals surface area contributed by atoms with Crippen molar-refractivity contribution in [3.63, 3.8) is 0 Å². The van der Waals surface area contributed by atoms with Crippen molar-refractivity contribution < 1.29 is 23.8 Å². The summed E-state index contributed by atoms with van der Waals surface area (Å²) >= 11 is 1.50. The van der Waals surface area contributed by atoms with E-state index in [4.69, 9.17) is 13.9 Å². The first-order chi connectivity index (χ1) is 12.1. The number of thioether (sulfide) groups is 1. The van der Waals surface area contributed by atoms with E-state index < -0.39 is 17.5 Å². The Kier molecular flexibility index (Phi) is 7.33. The molecule has 1 unspecified atom stereocenters. The molecule has 0 spiro atoms. The normalized spacial score (nSPS) is 12.1. The van der Waals surface area contributed by atoms with Gasteiger partial charge in [-0.1, -0.05) is 19.4 Å². The van der Waals surface area contributed by atoms with Gasteiger partial charge in [0.2, 0.25) is 5.76 Å². The van der Waals surface area contributed by atoms with Gasteiger partial charge in [0.25, 0.3) is 0 Å². The molecule has 6 nitrogen and oxygen atoms in total. The molecule has 25 heavy (non-hydrogen) atoms. The maximum atomic E-state index is 12.4. The van der Waals surface area contributed by atoms with E-state index in [-0.39, 0.29) is 29.9 Å². The summed E-state index contributed by atoms with van der Waals surface area (Å²) in [5, 5.41) is 10.0. The van der Waals surface area contributed by atoms with E-state index >= 15 is 0 Å². The van der Waals surface area contributed by atoms with Gasteiger partial charge >= 0.3 is 5.97 Å². The number of carbonyl (C=O) groups excluding carboxylic acids is 1. The van der Waals surface area contributed by atoms with Crippen LogP contribution in [-0.4, -0.2) is 42.4 Å². The van der Waals surface area contributed by atoms with Crippen molar-refractivity contribution in [1.82, 2.24) is 0 Å². The van der Waals surface area contributed by atoms with Gasteiger partial charge in [-0.3, -0.25) is 4.79 Å². The number of hydrogen-bond donors (Lipinski definition) is 1. The number of ether oxygens (including phenoxy) is 2. The molecule has 2 aromatic rings. The van der Waals surface area contributed by atoms with Crippen molar-refractivity contribution >= 4 is 28.7 Å². The maximum absolute atomic E-state index is 12.4. The van der Waals surface area contributed by atoms with Crippen LogP contribution in [0.5, 0.6) is 5.75 Å². The van der Waals surface area contributed by atoms with Gasteiger partial charge in [0.15, 0.2) is 5.43 Å². The average molecular weight is 366 g/mol. The van der Waals surface area contributed by atoms with Crippen LogP contribution in [-0.2, 0) is 4.74 Å². The lowest BCUT2D eigenvalue weighted by Crippen LogP contribution is -2.20. The molecule has 1 aromatic carbocycles. The summed E-state index contributed by atoms with van der Waals surface area (Å²) in [5.74, 6) is 0.0623. The number of aliphatic hydroxyl groups is 1. The minimum absolute atomic E-state index is 0.0696. The molecule has 0 aliphatic carbocycles. The molecule has 0 amide bonds. The molecule has 1 atom stereocenters. The zero-order valence-corrected chi connectivity index (χ0v) is 15.1. The fourth-order valence-electron chi connectivity index (χ4n) is 2.21. The van der Waals surface area contributed by atoms with Crippen molar-refractivity contribution in [2.24, 2.45) is 0 Å². The highest BCUT2D eigenvalue weighted by molar-refractivity contribution is 7.98. The van der Waals surface area contributed by atoms with E-state index in [2.05, 4.69) is 0 Å². The lowest BCUT2D eigenvalue weighted by Gasteiger charge is -2.12. The highest BCUT2D eigenvalue weighted by Gasteiger charge is 2.16. The van der Waals surface area contributed by atoms with Crippen LogP contribution < -0.4 is 10.2 Å². The van der Waals surface area contributed by atoms with Gasteiger partial charge in [-0.25, -0.2) is 4.79 Å². The summed E-state index contributed by atoms with van der Waals surface area (Å²) < 4.78 is 16.1. The number of unbranched alkanes of at least 4 members (excludes halogenated alkanes) is 1. The zero-order valence-electron chi connectivity index (χ0n) is 14.3. The second-order valence-electron chi connectivity index (χ2n) is 5.51. The van der Waals surface area contributed by atoms with Crippen molar-refractivity contribution in [3.8, 4) is 5.75 Å². The Morgan fingerprint density at radius 1 is 1.40 bits per heavy atom. The lowest BCUT2D eigenvalue weighted by atomic mass is 10.2. The quantitative estimate of drug-likeness (QED) is 0.539. The second kappa shape index (κ2) is 9.48. The fraction of sp³-hybridized carbons (Fsp3) is 0.444. The smallest absolute Gasteiger partial charge is 0.374 e. The van der Waals surface area contributed by atoms with Gasteiger partial charge in [-0.05, 0) is 24.8 Å². The topological polar surface area (TPSA) is 86.0 Å². The molecule has 1 aromatic heterocycles. The molecule has 0 bridgehead atoms. The van der Waals surface area contributed by atoms with Crippen LogP contribution in [0.15, 0.2) is 33.5 Å².